The highest BCUT2D eigenvalue weighted by Gasteiger charge is 2.25. The van der Waals surface area contributed by atoms with Gasteiger partial charge in [0.2, 0.25) is 0 Å². The zero-order valence-corrected chi connectivity index (χ0v) is 17.3. The van der Waals surface area contributed by atoms with Gasteiger partial charge >= 0.3 is 0 Å². The normalized spacial score (nSPS) is 14.1. The van der Waals surface area contributed by atoms with Crippen LogP contribution in [0.2, 0.25) is 0 Å². The summed E-state index contributed by atoms with van der Waals surface area (Å²) in [4.78, 5) is 26.5. The van der Waals surface area contributed by atoms with Crippen LogP contribution in [0.25, 0.3) is 21.8 Å². The first-order valence-electron chi connectivity index (χ1n) is 9.89. The first kappa shape index (κ1) is 19.4. The van der Waals surface area contributed by atoms with Gasteiger partial charge in [-0.25, -0.2) is 14.4 Å². The molecule has 0 aliphatic carbocycles. The Balaban J connectivity index is 1.25. The lowest BCUT2D eigenvalue weighted by molar-refractivity contribution is 0.0740. The van der Waals surface area contributed by atoms with Crippen LogP contribution in [0, 0.1) is 5.82 Å². The van der Waals surface area contributed by atoms with Crippen LogP contribution < -0.4 is 4.90 Å². The fraction of sp³-hybridized carbons (Fsp3) is 0.182. The number of amides is 1. The molecule has 1 N–H and O–H groups in total. The van der Waals surface area contributed by atoms with E-state index in [4.69, 9.17) is 0 Å². The third kappa shape index (κ3) is 4.04. The Bertz CT molecular complexity index is 1180. The van der Waals surface area contributed by atoms with E-state index < -0.39 is 0 Å². The van der Waals surface area contributed by atoms with Gasteiger partial charge in [0.1, 0.15) is 18.0 Å². The molecule has 0 radical (unpaired) electrons. The summed E-state index contributed by atoms with van der Waals surface area (Å²) in [5.41, 5.74) is 2.85. The molecule has 4 aromatic rings. The predicted octanol–water partition coefficient (Wildman–Crippen LogP) is 3.70. The SMILES string of the molecule is O=C(c1cc(-c2cccs2)[nH]n1)N1CCN(c2cc(-c3ccc(F)cc3)ncn2)CC1. The molecule has 0 atom stereocenters. The number of hydrogen-bond donors (Lipinski definition) is 1. The van der Waals surface area contributed by atoms with Crippen molar-refractivity contribution in [3.63, 3.8) is 0 Å². The Kier molecular flexibility index (Phi) is 5.17. The van der Waals surface area contributed by atoms with Gasteiger partial charge in [-0.15, -0.1) is 11.3 Å². The van der Waals surface area contributed by atoms with Crippen LogP contribution in [0.3, 0.4) is 0 Å². The highest BCUT2D eigenvalue weighted by molar-refractivity contribution is 7.13. The van der Waals surface area contributed by atoms with Crippen molar-refractivity contribution < 1.29 is 9.18 Å². The molecule has 0 spiro atoms. The lowest BCUT2D eigenvalue weighted by Gasteiger charge is -2.35. The number of halogens is 1. The van der Waals surface area contributed by atoms with Crippen molar-refractivity contribution in [1.82, 2.24) is 25.1 Å². The smallest absolute Gasteiger partial charge is 0.274 e. The highest BCUT2D eigenvalue weighted by Crippen LogP contribution is 2.24. The number of H-pyrrole nitrogens is 1. The topological polar surface area (TPSA) is 78.0 Å². The summed E-state index contributed by atoms with van der Waals surface area (Å²) in [6, 6.07) is 13.9. The van der Waals surface area contributed by atoms with Crippen LogP contribution >= 0.6 is 11.3 Å². The molecule has 9 heteroatoms. The minimum Gasteiger partial charge on any atom is -0.353 e. The summed E-state index contributed by atoms with van der Waals surface area (Å²) in [6.07, 6.45) is 1.52. The maximum Gasteiger partial charge on any atom is 0.274 e. The first-order chi connectivity index (χ1) is 15.2. The number of nitrogens with one attached hydrogen (secondary N) is 1. The van der Waals surface area contributed by atoms with Crippen LogP contribution in [-0.4, -0.2) is 57.2 Å². The lowest BCUT2D eigenvalue weighted by Crippen LogP contribution is -2.49. The first-order valence-corrected chi connectivity index (χ1v) is 10.8. The van der Waals surface area contributed by atoms with Gasteiger partial charge < -0.3 is 9.80 Å². The molecule has 5 rings (SSSR count). The summed E-state index contributed by atoms with van der Waals surface area (Å²) in [5.74, 6) is 0.438. The Morgan fingerprint density at radius 2 is 1.84 bits per heavy atom. The average molecular weight is 435 g/mol. The van der Waals surface area contributed by atoms with Crippen LogP contribution in [0.4, 0.5) is 10.2 Å². The zero-order valence-electron chi connectivity index (χ0n) is 16.5. The fourth-order valence-electron chi connectivity index (χ4n) is 3.59. The highest BCUT2D eigenvalue weighted by atomic mass is 32.1. The Hall–Kier alpha value is -3.59. The van der Waals surface area contributed by atoms with E-state index in [2.05, 4.69) is 25.1 Å². The molecule has 1 aliphatic rings. The number of rotatable bonds is 4. The molecule has 1 fully saturated rings. The summed E-state index contributed by atoms with van der Waals surface area (Å²) in [6.45, 7) is 2.48. The Morgan fingerprint density at radius 3 is 2.58 bits per heavy atom. The molecule has 1 aromatic carbocycles. The standard InChI is InChI=1S/C22H19FN6OS/c23-16-5-3-15(4-6-16)17-13-21(25-14-24-17)28-7-9-29(10-8-28)22(30)19-12-18(26-27-19)20-2-1-11-31-20/h1-6,11-14H,7-10H2,(H,26,27). The third-order valence-corrected chi connectivity index (χ3v) is 6.17. The van der Waals surface area contributed by atoms with E-state index in [9.17, 15) is 9.18 Å². The van der Waals surface area contributed by atoms with Gasteiger partial charge in [0.05, 0.1) is 16.3 Å². The van der Waals surface area contributed by atoms with Crippen molar-refractivity contribution in [2.75, 3.05) is 31.1 Å². The molecule has 31 heavy (non-hydrogen) atoms. The van der Waals surface area contributed by atoms with Crippen molar-refractivity contribution >= 4 is 23.1 Å². The summed E-state index contributed by atoms with van der Waals surface area (Å²) >= 11 is 1.60. The summed E-state index contributed by atoms with van der Waals surface area (Å²) in [5, 5.41) is 9.15. The number of carbonyl (C=O) groups is 1. The third-order valence-electron chi connectivity index (χ3n) is 5.27. The van der Waals surface area contributed by atoms with Gasteiger partial charge in [0.15, 0.2) is 5.69 Å². The van der Waals surface area contributed by atoms with Crippen LogP contribution in [0.1, 0.15) is 10.5 Å². The van der Waals surface area contributed by atoms with E-state index in [0.717, 1.165) is 27.6 Å². The second kappa shape index (κ2) is 8.27. The van der Waals surface area contributed by atoms with Gasteiger partial charge in [-0.2, -0.15) is 5.10 Å². The van der Waals surface area contributed by atoms with Gasteiger partial charge in [0.25, 0.3) is 5.91 Å². The van der Waals surface area contributed by atoms with E-state index in [-0.39, 0.29) is 11.7 Å². The van der Waals surface area contributed by atoms with Gasteiger partial charge in [-0.1, -0.05) is 6.07 Å². The molecule has 156 valence electrons. The van der Waals surface area contributed by atoms with Gasteiger partial charge in [-0.05, 0) is 41.8 Å². The van der Waals surface area contributed by atoms with E-state index in [0.29, 0.717) is 31.9 Å². The maximum absolute atomic E-state index is 13.2. The van der Waals surface area contributed by atoms with Crippen LogP contribution in [0.5, 0.6) is 0 Å². The van der Waals surface area contributed by atoms with Crippen molar-refractivity contribution in [2.24, 2.45) is 0 Å². The molecule has 3 aromatic heterocycles. The van der Waals surface area contributed by atoms with E-state index in [1.165, 1.54) is 18.5 Å². The number of anilines is 1. The molecule has 0 unspecified atom stereocenters. The molecule has 7 nitrogen and oxygen atoms in total. The summed E-state index contributed by atoms with van der Waals surface area (Å²) < 4.78 is 13.2. The maximum atomic E-state index is 13.2. The minimum absolute atomic E-state index is 0.0756. The second-order valence-electron chi connectivity index (χ2n) is 7.19. The van der Waals surface area contributed by atoms with Crippen molar-refractivity contribution in [1.29, 1.82) is 0 Å². The molecule has 1 aliphatic heterocycles. The number of carbonyl (C=O) groups excluding carboxylic acids is 1. The number of aromatic amines is 1. The van der Waals surface area contributed by atoms with E-state index >= 15 is 0 Å². The molecule has 1 amide bonds. The monoisotopic (exact) mass is 434 g/mol. The van der Waals surface area contributed by atoms with Crippen molar-refractivity contribution in [3.8, 4) is 21.8 Å². The van der Waals surface area contributed by atoms with Crippen LogP contribution in [-0.2, 0) is 0 Å². The molecular weight excluding hydrogens is 415 g/mol. The Morgan fingerprint density at radius 1 is 1.03 bits per heavy atom. The van der Waals surface area contributed by atoms with Crippen molar-refractivity contribution in [3.05, 3.63) is 71.7 Å². The number of piperazine rings is 1. The average Bonchev–Trinajstić information content (AvgIpc) is 3.51. The molecule has 4 heterocycles. The lowest BCUT2D eigenvalue weighted by atomic mass is 10.1. The number of thiophene rings is 1. The number of benzene rings is 1. The molecule has 1 saturated heterocycles. The number of hydrogen-bond acceptors (Lipinski definition) is 6. The number of aromatic nitrogens is 4. The van der Waals surface area contributed by atoms with Gasteiger partial charge in [-0.3, -0.25) is 9.89 Å². The predicted molar refractivity (Wildman–Crippen MR) is 117 cm³/mol. The summed E-state index contributed by atoms with van der Waals surface area (Å²) in [7, 11) is 0. The largest absolute Gasteiger partial charge is 0.353 e. The molecule has 0 bridgehead atoms. The molecular formula is C22H19FN6OS. The van der Waals surface area contributed by atoms with Crippen molar-refractivity contribution in [2.45, 2.75) is 0 Å². The number of nitrogens with zero attached hydrogens (tertiary/aromatic N) is 5. The Labute approximate surface area is 182 Å². The second-order valence-corrected chi connectivity index (χ2v) is 8.14. The van der Waals surface area contributed by atoms with E-state index in [1.54, 1.807) is 29.5 Å². The zero-order chi connectivity index (χ0) is 21.2. The van der Waals surface area contributed by atoms with E-state index in [1.807, 2.05) is 28.5 Å². The fourth-order valence-corrected chi connectivity index (χ4v) is 4.28. The van der Waals surface area contributed by atoms with Gasteiger partial charge in [0, 0.05) is 37.8 Å². The minimum atomic E-state index is -0.279. The quantitative estimate of drug-likeness (QED) is 0.530. The molecule has 0 saturated carbocycles. The van der Waals surface area contributed by atoms with Crippen LogP contribution in [0.15, 0.2) is 60.2 Å².